The number of hydrogen-bond acceptors (Lipinski definition) is 2. The van der Waals surface area contributed by atoms with Gasteiger partial charge in [-0.15, -0.1) is 0 Å². The first-order chi connectivity index (χ1) is 6.86. The molecule has 0 aromatic heterocycles. The highest BCUT2D eigenvalue weighted by atomic mass is 16.5. The van der Waals surface area contributed by atoms with Gasteiger partial charge >= 0.3 is 0 Å². The van der Waals surface area contributed by atoms with Crippen LogP contribution in [-0.4, -0.2) is 20.4 Å². The van der Waals surface area contributed by atoms with Crippen LogP contribution in [0, 0.1) is 5.92 Å². The number of aliphatic imine (C=N–C) groups is 1. The minimum Gasteiger partial charge on any atom is -0.501 e. The zero-order valence-electron chi connectivity index (χ0n) is 8.81. The van der Waals surface area contributed by atoms with Crippen LogP contribution in [0.2, 0.25) is 0 Å². The molecule has 0 aromatic carbocycles. The van der Waals surface area contributed by atoms with Crippen molar-refractivity contribution < 1.29 is 4.74 Å². The molecule has 2 nitrogen and oxygen atoms in total. The van der Waals surface area contributed by atoms with Gasteiger partial charge < -0.3 is 9.73 Å². The fraction of sp³-hybridized carbons (Fsp3) is 0.417. The monoisotopic (exact) mass is 191 g/mol. The lowest BCUT2D eigenvalue weighted by Gasteiger charge is -2.13. The Labute approximate surface area is 85.7 Å². The number of rotatable bonds is 4. The van der Waals surface area contributed by atoms with Crippen LogP contribution in [0.15, 0.2) is 41.1 Å². The largest absolute Gasteiger partial charge is 0.501 e. The maximum absolute atomic E-state index is 5.20. The second-order valence-corrected chi connectivity index (χ2v) is 3.19. The lowest BCUT2D eigenvalue weighted by molar-refractivity contribution is 0.270. The van der Waals surface area contributed by atoms with Crippen LogP contribution in [0.25, 0.3) is 0 Å². The number of methoxy groups -OCH3 is 1. The molecule has 14 heavy (non-hydrogen) atoms. The molecule has 0 aromatic rings. The molecule has 0 heterocycles. The third-order valence-corrected chi connectivity index (χ3v) is 2.15. The molecule has 0 aliphatic heterocycles. The molecule has 0 saturated heterocycles. The summed E-state index contributed by atoms with van der Waals surface area (Å²) in [4.78, 5) is 3.92. The Morgan fingerprint density at radius 2 is 2.50 bits per heavy atom. The summed E-state index contributed by atoms with van der Waals surface area (Å²) >= 11 is 0. The minimum atomic E-state index is 0.472. The van der Waals surface area contributed by atoms with E-state index in [-0.39, 0.29) is 0 Å². The summed E-state index contributed by atoms with van der Waals surface area (Å²) in [6.45, 7) is 0. The quantitative estimate of drug-likeness (QED) is 0.494. The molecule has 1 atom stereocenters. The Balaban J connectivity index is 2.37. The van der Waals surface area contributed by atoms with Gasteiger partial charge in [0.05, 0.1) is 12.9 Å². The number of hydrogen-bond donors (Lipinski definition) is 0. The summed E-state index contributed by atoms with van der Waals surface area (Å²) in [5, 5.41) is 0. The van der Waals surface area contributed by atoms with E-state index >= 15 is 0 Å². The average molecular weight is 191 g/mol. The van der Waals surface area contributed by atoms with Crippen LogP contribution in [0.5, 0.6) is 0 Å². The van der Waals surface area contributed by atoms with Crippen molar-refractivity contribution in [3.63, 3.8) is 0 Å². The van der Waals surface area contributed by atoms with Gasteiger partial charge in [-0.3, -0.25) is 0 Å². The van der Waals surface area contributed by atoms with Crippen LogP contribution in [-0.2, 0) is 4.74 Å². The highest BCUT2D eigenvalue weighted by Gasteiger charge is 2.07. The van der Waals surface area contributed by atoms with E-state index in [2.05, 4.69) is 23.2 Å². The van der Waals surface area contributed by atoms with E-state index in [1.54, 1.807) is 14.2 Å². The van der Waals surface area contributed by atoms with Crippen LogP contribution in [0.3, 0.4) is 0 Å². The molecule has 0 spiro atoms. The summed E-state index contributed by atoms with van der Waals surface area (Å²) in [6, 6.07) is 0. The molecule has 0 fully saturated rings. The molecule has 1 rings (SSSR count). The topological polar surface area (TPSA) is 21.6 Å². The normalized spacial score (nSPS) is 21.9. The average Bonchev–Trinajstić information content (AvgIpc) is 2.25. The maximum Gasteiger partial charge on any atom is 0.0964 e. The molecular formula is C12H17NO. The summed E-state index contributed by atoms with van der Waals surface area (Å²) in [6.07, 6.45) is 14.4. The fourth-order valence-corrected chi connectivity index (χ4v) is 1.38. The zero-order valence-corrected chi connectivity index (χ0v) is 8.81. The molecule has 76 valence electrons. The predicted molar refractivity (Wildman–Crippen MR) is 60.5 cm³/mol. The molecule has 2 heteroatoms. The Morgan fingerprint density at radius 1 is 1.64 bits per heavy atom. The van der Waals surface area contributed by atoms with Crippen molar-refractivity contribution in [2.24, 2.45) is 10.9 Å². The molecule has 1 aliphatic carbocycles. The molecule has 0 saturated carbocycles. The van der Waals surface area contributed by atoms with Crippen molar-refractivity contribution in [1.29, 1.82) is 0 Å². The Hall–Kier alpha value is -1.31. The predicted octanol–water partition coefficient (Wildman–Crippen LogP) is 2.74. The molecule has 0 N–H and O–H groups in total. The van der Waals surface area contributed by atoms with E-state index in [0.717, 1.165) is 18.6 Å². The summed E-state index contributed by atoms with van der Waals surface area (Å²) < 4.78 is 5.20. The third kappa shape index (κ3) is 3.60. The third-order valence-electron chi connectivity index (χ3n) is 2.15. The van der Waals surface area contributed by atoms with Gasteiger partial charge in [0.2, 0.25) is 0 Å². The van der Waals surface area contributed by atoms with E-state index in [9.17, 15) is 0 Å². The second-order valence-electron chi connectivity index (χ2n) is 3.19. The summed E-state index contributed by atoms with van der Waals surface area (Å²) in [5.41, 5.74) is 0. The Kier molecular flexibility index (Phi) is 4.76. The van der Waals surface area contributed by atoms with Crippen molar-refractivity contribution in [2.45, 2.75) is 12.8 Å². The van der Waals surface area contributed by atoms with E-state index in [0.29, 0.717) is 5.92 Å². The first-order valence-corrected chi connectivity index (χ1v) is 4.85. The van der Waals surface area contributed by atoms with Gasteiger partial charge in [0.15, 0.2) is 0 Å². The van der Waals surface area contributed by atoms with E-state index < -0.39 is 0 Å². The second kappa shape index (κ2) is 6.19. The lowest BCUT2D eigenvalue weighted by atomic mass is 9.99. The zero-order chi connectivity index (χ0) is 10.2. The van der Waals surface area contributed by atoms with Crippen LogP contribution < -0.4 is 0 Å². The Bertz CT molecular complexity index is 274. The lowest BCUT2D eigenvalue weighted by Crippen LogP contribution is -2.00. The minimum absolute atomic E-state index is 0.472. The van der Waals surface area contributed by atoms with E-state index in [1.807, 2.05) is 18.4 Å². The molecule has 0 amide bonds. The van der Waals surface area contributed by atoms with Crippen molar-refractivity contribution in [2.75, 3.05) is 14.2 Å². The molecule has 1 aliphatic rings. The van der Waals surface area contributed by atoms with Crippen molar-refractivity contribution in [1.82, 2.24) is 0 Å². The maximum atomic E-state index is 5.20. The highest BCUT2D eigenvalue weighted by molar-refractivity contribution is 5.59. The Morgan fingerprint density at radius 3 is 3.21 bits per heavy atom. The molecule has 0 radical (unpaired) electrons. The van der Waals surface area contributed by atoms with Gasteiger partial charge in [-0.1, -0.05) is 24.3 Å². The smallest absolute Gasteiger partial charge is 0.0964 e. The first kappa shape index (κ1) is 10.8. The van der Waals surface area contributed by atoms with Gasteiger partial charge in [-0.25, -0.2) is 0 Å². The van der Waals surface area contributed by atoms with Gasteiger partial charge in [0.25, 0.3) is 0 Å². The molecule has 0 bridgehead atoms. The number of allylic oxidation sites excluding steroid dienone is 6. The van der Waals surface area contributed by atoms with Crippen LogP contribution in [0.4, 0.5) is 0 Å². The first-order valence-electron chi connectivity index (χ1n) is 4.85. The van der Waals surface area contributed by atoms with Crippen molar-refractivity contribution in [3.8, 4) is 0 Å². The molecule has 1 unspecified atom stereocenters. The SMILES string of the molecule is CN=CC/C=C/C1C=CC=C(OC)C1. The van der Waals surface area contributed by atoms with Crippen LogP contribution >= 0.6 is 0 Å². The molecular weight excluding hydrogens is 174 g/mol. The van der Waals surface area contributed by atoms with Crippen molar-refractivity contribution >= 4 is 6.21 Å². The van der Waals surface area contributed by atoms with E-state index in [1.165, 1.54) is 0 Å². The highest BCUT2D eigenvalue weighted by Crippen LogP contribution is 2.19. The fourth-order valence-electron chi connectivity index (χ4n) is 1.38. The summed E-state index contributed by atoms with van der Waals surface area (Å²) in [5.74, 6) is 1.52. The number of ether oxygens (including phenoxy) is 1. The number of nitrogens with zero attached hydrogens (tertiary/aromatic N) is 1. The van der Waals surface area contributed by atoms with Gasteiger partial charge in [0, 0.05) is 32.0 Å². The van der Waals surface area contributed by atoms with Gasteiger partial charge in [-0.05, 0) is 6.08 Å². The van der Waals surface area contributed by atoms with Gasteiger partial charge in [0.1, 0.15) is 0 Å². The van der Waals surface area contributed by atoms with Crippen molar-refractivity contribution in [3.05, 3.63) is 36.1 Å². The summed E-state index contributed by atoms with van der Waals surface area (Å²) in [7, 11) is 3.51. The van der Waals surface area contributed by atoms with Crippen LogP contribution in [0.1, 0.15) is 12.8 Å². The standard InChI is InChI=1S/C12H17NO/c1-13-9-4-3-6-11-7-5-8-12(10-11)14-2/h3,5-9,11H,4,10H2,1-2H3/b6-3+,13-9?. The van der Waals surface area contributed by atoms with E-state index in [4.69, 9.17) is 4.74 Å². The van der Waals surface area contributed by atoms with Gasteiger partial charge in [-0.2, -0.15) is 0 Å².